The highest BCUT2D eigenvalue weighted by molar-refractivity contribution is 9.10. The van der Waals surface area contributed by atoms with Gasteiger partial charge in [0.25, 0.3) is 0 Å². The number of rotatable bonds is 3. The molecule has 2 unspecified atom stereocenters. The Morgan fingerprint density at radius 1 is 1.35 bits per heavy atom. The maximum absolute atomic E-state index is 6.18. The molecule has 1 aromatic rings. The zero-order chi connectivity index (χ0) is 12.3. The van der Waals surface area contributed by atoms with Gasteiger partial charge in [-0.2, -0.15) is 0 Å². The van der Waals surface area contributed by atoms with Crippen LogP contribution in [0.5, 0.6) is 5.75 Å². The lowest BCUT2D eigenvalue weighted by atomic mass is 9.81. The number of hydrogen-bond acceptors (Lipinski definition) is 2. The molecule has 0 amide bonds. The van der Waals surface area contributed by atoms with E-state index in [4.69, 9.17) is 10.5 Å². The molecule has 94 valence electrons. The highest BCUT2D eigenvalue weighted by atomic mass is 79.9. The van der Waals surface area contributed by atoms with Gasteiger partial charge in [-0.05, 0) is 58.8 Å². The predicted octanol–water partition coefficient (Wildman–Crippen LogP) is 3.52. The van der Waals surface area contributed by atoms with E-state index in [0.717, 1.165) is 16.6 Å². The molecule has 2 nitrogen and oxygen atoms in total. The van der Waals surface area contributed by atoms with E-state index in [1.54, 1.807) is 7.11 Å². The minimum absolute atomic E-state index is 0.379. The molecule has 2 atom stereocenters. The van der Waals surface area contributed by atoms with E-state index in [-0.39, 0.29) is 0 Å². The third-order valence-corrected chi connectivity index (χ3v) is 4.30. The Balaban J connectivity index is 2.05. The van der Waals surface area contributed by atoms with Crippen molar-refractivity contribution in [2.75, 3.05) is 7.11 Å². The van der Waals surface area contributed by atoms with Crippen LogP contribution >= 0.6 is 15.9 Å². The zero-order valence-corrected chi connectivity index (χ0v) is 11.9. The second-order valence-electron chi connectivity index (χ2n) is 4.88. The van der Waals surface area contributed by atoms with E-state index in [2.05, 4.69) is 28.1 Å². The van der Waals surface area contributed by atoms with E-state index >= 15 is 0 Å². The van der Waals surface area contributed by atoms with Gasteiger partial charge in [0.15, 0.2) is 0 Å². The summed E-state index contributed by atoms with van der Waals surface area (Å²) in [6.45, 7) is 0. The molecule has 0 radical (unpaired) electrons. The number of benzene rings is 1. The minimum Gasteiger partial charge on any atom is -0.496 e. The molecule has 3 heteroatoms. The van der Waals surface area contributed by atoms with Gasteiger partial charge in [-0.3, -0.25) is 0 Å². The van der Waals surface area contributed by atoms with Gasteiger partial charge in [-0.25, -0.2) is 0 Å². The Kier molecular flexibility index (Phi) is 4.46. The first kappa shape index (κ1) is 12.9. The van der Waals surface area contributed by atoms with Gasteiger partial charge >= 0.3 is 0 Å². The topological polar surface area (TPSA) is 35.2 Å². The van der Waals surface area contributed by atoms with Crippen LogP contribution in [-0.2, 0) is 6.42 Å². The van der Waals surface area contributed by atoms with Crippen molar-refractivity contribution in [2.24, 2.45) is 11.7 Å². The summed E-state index contributed by atoms with van der Waals surface area (Å²) in [4.78, 5) is 0. The first-order chi connectivity index (χ1) is 8.20. The Morgan fingerprint density at radius 2 is 2.12 bits per heavy atom. The quantitative estimate of drug-likeness (QED) is 0.926. The molecular formula is C14H20BrNO. The van der Waals surface area contributed by atoms with Crippen molar-refractivity contribution < 1.29 is 4.74 Å². The third-order valence-electron chi connectivity index (χ3n) is 3.68. The predicted molar refractivity (Wildman–Crippen MR) is 74.3 cm³/mol. The highest BCUT2D eigenvalue weighted by Gasteiger charge is 2.22. The molecule has 0 aliphatic heterocycles. The molecule has 0 spiro atoms. The molecule has 2 rings (SSSR count). The second kappa shape index (κ2) is 5.87. The minimum atomic E-state index is 0.379. The van der Waals surface area contributed by atoms with E-state index in [1.807, 2.05) is 6.07 Å². The molecule has 0 bridgehead atoms. The first-order valence-electron chi connectivity index (χ1n) is 6.28. The summed E-state index contributed by atoms with van der Waals surface area (Å²) >= 11 is 3.53. The van der Waals surface area contributed by atoms with Crippen LogP contribution in [0.2, 0.25) is 0 Å². The van der Waals surface area contributed by atoms with Crippen molar-refractivity contribution in [3.63, 3.8) is 0 Å². The van der Waals surface area contributed by atoms with Crippen molar-refractivity contribution in [3.05, 3.63) is 28.2 Å². The zero-order valence-electron chi connectivity index (χ0n) is 10.3. The van der Waals surface area contributed by atoms with Crippen LogP contribution < -0.4 is 10.5 Å². The summed E-state index contributed by atoms with van der Waals surface area (Å²) in [5, 5.41) is 0. The number of halogens is 1. The summed E-state index contributed by atoms with van der Waals surface area (Å²) in [6.07, 6.45) is 6.16. The molecule has 0 aromatic heterocycles. The van der Waals surface area contributed by atoms with Crippen LogP contribution in [0, 0.1) is 5.92 Å². The van der Waals surface area contributed by atoms with Crippen LogP contribution in [0.3, 0.4) is 0 Å². The number of ether oxygens (including phenoxy) is 1. The first-order valence-corrected chi connectivity index (χ1v) is 7.08. The number of methoxy groups -OCH3 is 1. The highest BCUT2D eigenvalue weighted by Crippen LogP contribution is 2.30. The maximum Gasteiger partial charge on any atom is 0.133 e. The van der Waals surface area contributed by atoms with Gasteiger partial charge in [-0.15, -0.1) is 0 Å². The van der Waals surface area contributed by atoms with Crippen LogP contribution in [0.1, 0.15) is 31.2 Å². The normalized spacial score (nSPS) is 24.6. The summed E-state index contributed by atoms with van der Waals surface area (Å²) in [5.74, 6) is 1.53. The second-order valence-corrected chi connectivity index (χ2v) is 5.74. The summed E-state index contributed by atoms with van der Waals surface area (Å²) in [6, 6.07) is 6.70. The molecule has 1 aliphatic rings. The Hall–Kier alpha value is -0.540. The van der Waals surface area contributed by atoms with Crippen molar-refractivity contribution in [1.29, 1.82) is 0 Å². The maximum atomic E-state index is 6.18. The van der Waals surface area contributed by atoms with Crippen molar-refractivity contribution >= 4 is 15.9 Å². The van der Waals surface area contributed by atoms with E-state index < -0.39 is 0 Å². The SMILES string of the molecule is COc1ccc(CC2CCCCC2N)cc1Br. The van der Waals surface area contributed by atoms with Crippen LogP contribution in [0.15, 0.2) is 22.7 Å². The Labute approximate surface area is 112 Å². The molecule has 17 heavy (non-hydrogen) atoms. The van der Waals surface area contributed by atoms with Crippen LogP contribution in [-0.4, -0.2) is 13.2 Å². The lowest BCUT2D eigenvalue weighted by molar-refractivity contribution is 0.306. The number of hydrogen-bond donors (Lipinski definition) is 1. The van der Waals surface area contributed by atoms with Crippen molar-refractivity contribution in [1.82, 2.24) is 0 Å². The Bertz CT molecular complexity index is 380. The van der Waals surface area contributed by atoms with E-state index in [9.17, 15) is 0 Å². The molecule has 1 fully saturated rings. The molecule has 1 saturated carbocycles. The molecule has 1 aliphatic carbocycles. The van der Waals surface area contributed by atoms with Gasteiger partial charge in [0, 0.05) is 6.04 Å². The molecule has 0 saturated heterocycles. The van der Waals surface area contributed by atoms with Gasteiger partial charge < -0.3 is 10.5 Å². The van der Waals surface area contributed by atoms with Crippen LogP contribution in [0.4, 0.5) is 0 Å². The summed E-state index contributed by atoms with van der Waals surface area (Å²) in [7, 11) is 1.69. The molecule has 0 heterocycles. The van der Waals surface area contributed by atoms with Gasteiger partial charge in [0.2, 0.25) is 0 Å². The average Bonchev–Trinajstić information content (AvgIpc) is 2.32. The molecular weight excluding hydrogens is 278 g/mol. The lowest BCUT2D eigenvalue weighted by Crippen LogP contribution is -2.34. The molecule has 1 aromatic carbocycles. The van der Waals surface area contributed by atoms with Gasteiger partial charge in [0.1, 0.15) is 5.75 Å². The number of nitrogens with two attached hydrogens (primary N) is 1. The summed E-state index contributed by atoms with van der Waals surface area (Å²) in [5.41, 5.74) is 7.53. The molecule has 2 N–H and O–H groups in total. The fraction of sp³-hybridized carbons (Fsp3) is 0.571. The monoisotopic (exact) mass is 297 g/mol. The van der Waals surface area contributed by atoms with Crippen molar-refractivity contribution in [3.8, 4) is 5.75 Å². The smallest absolute Gasteiger partial charge is 0.133 e. The van der Waals surface area contributed by atoms with E-state index in [0.29, 0.717) is 12.0 Å². The standard InChI is InChI=1S/C14H20BrNO/c1-17-14-7-6-10(9-12(14)15)8-11-4-2-3-5-13(11)16/h6-7,9,11,13H,2-5,8,16H2,1H3. The Morgan fingerprint density at radius 3 is 2.76 bits per heavy atom. The van der Waals surface area contributed by atoms with Crippen LogP contribution in [0.25, 0.3) is 0 Å². The van der Waals surface area contributed by atoms with E-state index in [1.165, 1.54) is 31.2 Å². The largest absolute Gasteiger partial charge is 0.496 e. The summed E-state index contributed by atoms with van der Waals surface area (Å²) < 4.78 is 6.27. The van der Waals surface area contributed by atoms with Gasteiger partial charge in [0.05, 0.1) is 11.6 Å². The average molecular weight is 298 g/mol. The fourth-order valence-electron chi connectivity index (χ4n) is 2.63. The lowest BCUT2D eigenvalue weighted by Gasteiger charge is -2.28. The van der Waals surface area contributed by atoms with Crippen molar-refractivity contribution in [2.45, 2.75) is 38.1 Å². The van der Waals surface area contributed by atoms with Gasteiger partial charge in [-0.1, -0.05) is 18.9 Å². The fourth-order valence-corrected chi connectivity index (χ4v) is 3.22. The third kappa shape index (κ3) is 3.23.